The smallest absolute Gasteiger partial charge is 0.251 e. The highest BCUT2D eigenvalue weighted by atomic mass is 16.7. The maximum absolute atomic E-state index is 12.6. The van der Waals surface area contributed by atoms with Gasteiger partial charge in [-0.3, -0.25) is 9.59 Å². The first-order chi connectivity index (χ1) is 12.6. The number of amides is 2. The van der Waals surface area contributed by atoms with Crippen LogP contribution in [0.3, 0.4) is 0 Å². The standard InChI is InChI=1S/C20H26N2O4/c1-3-14-11(2)15-6-5-13(9-16(15)22-20(14)24)21-19(23)12-4-7-17-18(8-12)26-10-25-17/h4,7-8,11,13-16H,3,5-6,9-10H2,1-2H3,(H,21,23)(H,22,24). The number of nitrogens with one attached hydrogen (secondary N) is 2. The fraction of sp³-hybridized carbons (Fsp3) is 0.600. The minimum atomic E-state index is -0.103. The molecule has 2 N–H and O–H groups in total. The van der Waals surface area contributed by atoms with Crippen LogP contribution < -0.4 is 20.1 Å². The Bertz CT molecular complexity index is 720. The van der Waals surface area contributed by atoms with Crippen LogP contribution in [0.15, 0.2) is 18.2 Å². The molecule has 0 bridgehead atoms. The molecule has 1 saturated carbocycles. The molecule has 0 radical (unpaired) electrons. The summed E-state index contributed by atoms with van der Waals surface area (Å²) in [6.45, 7) is 4.48. The van der Waals surface area contributed by atoms with Gasteiger partial charge in [-0.15, -0.1) is 0 Å². The Labute approximate surface area is 153 Å². The van der Waals surface area contributed by atoms with Crippen molar-refractivity contribution in [3.63, 3.8) is 0 Å². The number of piperidine rings is 1. The van der Waals surface area contributed by atoms with E-state index in [1.165, 1.54) is 0 Å². The first kappa shape index (κ1) is 17.2. The largest absolute Gasteiger partial charge is 0.454 e. The number of carbonyl (C=O) groups excluding carboxylic acids is 2. The van der Waals surface area contributed by atoms with Crippen molar-refractivity contribution in [2.75, 3.05) is 6.79 Å². The Morgan fingerprint density at radius 1 is 1.27 bits per heavy atom. The lowest BCUT2D eigenvalue weighted by atomic mass is 9.67. The predicted molar refractivity (Wildman–Crippen MR) is 96.0 cm³/mol. The molecule has 0 spiro atoms. The van der Waals surface area contributed by atoms with Gasteiger partial charge in [0.25, 0.3) is 5.91 Å². The van der Waals surface area contributed by atoms with E-state index in [9.17, 15) is 9.59 Å². The molecule has 1 saturated heterocycles. The van der Waals surface area contributed by atoms with Gasteiger partial charge >= 0.3 is 0 Å². The van der Waals surface area contributed by atoms with Crippen molar-refractivity contribution < 1.29 is 19.1 Å². The number of carbonyl (C=O) groups is 2. The summed E-state index contributed by atoms with van der Waals surface area (Å²) in [5, 5.41) is 6.33. The molecule has 3 aliphatic rings. The lowest BCUT2D eigenvalue weighted by Crippen LogP contribution is -2.58. The molecule has 140 valence electrons. The molecule has 0 aromatic heterocycles. The number of rotatable bonds is 3. The molecule has 2 heterocycles. The molecule has 4 rings (SSSR count). The lowest BCUT2D eigenvalue weighted by molar-refractivity contribution is -0.133. The number of hydrogen-bond donors (Lipinski definition) is 2. The highest BCUT2D eigenvalue weighted by molar-refractivity contribution is 5.95. The molecule has 1 aromatic carbocycles. The summed E-state index contributed by atoms with van der Waals surface area (Å²) in [5.74, 6) is 2.39. The molecule has 2 amide bonds. The average Bonchev–Trinajstić information content (AvgIpc) is 3.09. The molecule has 5 unspecified atom stereocenters. The van der Waals surface area contributed by atoms with E-state index in [2.05, 4.69) is 24.5 Å². The van der Waals surface area contributed by atoms with Crippen LogP contribution in [0.2, 0.25) is 0 Å². The Kier molecular flexibility index (Phi) is 4.51. The molecule has 2 aliphatic heterocycles. The van der Waals surface area contributed by atoms with Crippen LogP contribution in [0, 0.1) is 17.8 Å². The van der Waals surface area contributed by atoms with Gasteiger partial charge in [0.05, 0.1) is 0 Å². The minimum absolute atomic E-state index is 0.0832. The quantitative estimate of drug-likeness (QED) is 0.870. The Hall–Kier alpha value is -2.24. The average molecular weight is 358 g/mol. The third kappa shape index (κ3) is 3.02. The van der Waals surface area contributed by atoms with E-state index < -0.39 is 0 Å². The third-order valence-corrected chi connectivity index (χ3v) is 6.29. The van der Waals surface area contributed by atoms with Crippen molar-refractivity contribution in [2.24, 2.45) is 17.8 Å². The van der Waals surface area contributed by atoms with E-state index in [-0.39, 0.29) is 36.6 Å². The fourth-order valence-electron chi connectivity index (χ4n) is 4.81. The first-order valence-corrected chi connectivity index (χ1v) is 9.57. The van der Waals surface area contributed by atoms with Crippen LogP contribution in [-0.2, 0) is 4.79 Å². The summed E-state index contributed by atoms with van der Waals surface area (Å²) in [5.41, 5.74) is 0.573. The van der Waals surface area contributed by atoms with E-state index in [1.54, 1.807) is 18.2 Å². The molecule has 6 heteroatoms. The second-order valence-electron chi connectivity index (χ2n) is 7.70. The van der Waals surface area contributed by atoms with Crippen LogP contribution in [0.1, 0.15) is 49.9 Å². The van der Waals surface area contributed by atoms with Crippen LogP contribution in [0.5, 0.6) is 11.5 Å². The molecular formula is C20H26N2O4. The Balaban J connectivity index is 1.40. The first-order valence-electron chi connectivity index (χ1n) is 9.57. The SMILES string of the molecule is CCC1C(=O)NC2CC(NC(=O)c3ccc4c(c3)OCO4)CCC2C1C. The van der Waals surface area contributed by atoms with Crippen molar-refractivity contribution in [2.45, 2.75) is 51.6 Å². The van der Waals surface area contributed by atoms with Gasteiger partial charge in [0, 0.05) is 23.6 Å². The monoisotopic (exact) mass is 358 g/mol. The third-order valence-electron chi connectivity index (χ3n) is 6.29. The highest BCUT2D eigenvalue weighted by Crippen LogP contribution is 2.39. The normalized spacial score (nSPS) is 32.5. The summed E-state index contributed by atoms with van der Waals surface area (Å²) in [4.78, 5) is 24.9. The number of benzene rings is 1. The zero-order valence-corrected chi connectivity index (χ0v) is 15.3. The molecule has 26 heavy (non-hydrogen) atoms. The van der Waals surface area contributed by atoms with Crippen molar-refractivity contribution in [1.82, 2.24) is 10.6 Å². The second kappa shape index (κ2) is 6.82. The Morgan fingerprint density at radius 3 is 2.88 bits per heavy atom. The summed E-state index contributed by atoms with van der Waals surface area (Å²) in [6.07, 6.45) is 3.68. The molecule has 5 atom stereocenters. The summed E-state index contributed by atoms with van der Waals surface area (Å²) < 4.78 is 10.6. The summed E-state index contributed by atoms with van der Waals surface area (Å²) in [6, 6.07) is 5.49. The maximum atomic E-state index is 12.6. The molecule has 1 aromatic rings. The van der Waals surface area contributed by atoms with Crippen molar-refractivity contribution in [1.29, 1.82) is 0 Å². The van der Waals surface area contributed by atoms with Crippen LogP contribution in [0.25, 0.3) is 0 Å². The van der Waals surface area contributed by atoms with Gasteiger partial charge in [-0.1, -0.05) is 13.8 Å². The number of fused-ring (bicyclic) bond motifs is 2. The van der Waals surface area contributed by atoms with Gasteiger partial charge in [0.1, 0.15) is 0 Å². The fourth-order valence-corrected chi connectivity index (χ4v) is 4.81. The maximum Gasteiger partial charge on any atom is 0.251 e. The minimum Gasteiger partial charge on any atom is -0.454 e. The number of hydrogen-bond acceptors (Lipinski definition) is 4. The van der Waals surface area contributed by atoms with E-state index in [4.69, 9.17) is 9.47 Å². The van der Waals surface area contributed by atoms with Gasteiger partial charge in [-0.2, -0.15) is 0 Å². The van der Waals surface area contributed by atoms with E-state index >= 15 is 0 Å². The Morgan fingerprint density at radius 2 is 2.08 bits per heavy atom. The van der Waals surface area contributed by atoms with Gasteiger partial charge in [-0.05, 0) is 55.7 Å². The van der Waals surface area contributed by atoms with Gasteiger partial charge < -0.3 is 20.1 Å². The summed E-state index contributed by atoms with van der Waals surface area (Å²) in [7, 11) is 0. The van der Waals surface area contributed by atoms with Crippen LogP contribution in [-0.4, -0.2) is 30.7 Å². The molecular weight excluding hydrogens is 332 g/mol. The topological polar surface area (TPSA) is 76.7 Å². The molecule has 2 fully saturated rings. The van der Waals surface area contributed by atoms with Crippen molar-refractivity contribution in [3.8, 4) is 11.5 Å². The zero-order chi connectivity index (χ0) is 18.3. The second-order valence-corrected chi connectivity index (χ2v) is 7.70. The van der Waals surface area contributed by atoms with Gasteiger partial charge in [-0.25, -0.2) is 0 Å². The van der Waals surface area contributed by atoms with Gasteiger partial charge in [0.15, 0.2) is 11.5 Å². The zero-order valence-electron chi connectivity index (χ0n) is 15.3. The highest BCUT2D eigenvalue weighted by Gasteiger charge is 2.43. The van der Waals surface area contributed by atoms with E-state index in [0.717, 1.165) is 25.7 Å². The van der Waals surface area contributed by atoms with E-state index in [0.29, 0.717) is 28.9 Å². The number of ether oxygens (including phenoxy) is 2. The van der Waals surface area contributed by atoms with Crippen LogP contribution in [0.4, 0.5) is 0 Å². The predicted octanol–water partition coefficient (Wildman–Crippen LogP) is 2.47. The van der Waals surface area contributed by atoms with Crippen LogP contribution >= 0.6 is 0 Å². The summed E-state index contributed by atoms with van der Waals surface area (Å²) >= 11 is 0. The van der Waals surface area contributed by atoms with Crippen molar-refractivity contribution in [3.05, 3.63) is 23.8 Å². The lowest BCUT2D eigenvalue weighted by Gasteiger charge is -2.46. The van der Waals surface area contributed by atoms with Gasteiger partial charge in [0.2, 0.25) is 12.7 Å². The molecule has 6 nitrogen and oxygen atoms in total. The van der Waals surface area contributed by atoms with E-state index in [1.807, 2.05) is 0 Å². The molecule has 1 aliphatic carbocycles. The van der Waals surface area contributed by atoms with Crippen molar-refractivity contribution >= 4 is 11.8 Å².